The molecule has 0 radical (unpaired) electrons. The Hall–Kier alpha value is -1.81. The Labute approximate surface area is 125 Å². The average Bonchev–Trinajstić information content (AvgIpc) is 2.84. The van der Waals surface area contributed by atoms with E-state index in [9.17, 15) is 9.59 Å². The minimum atomic E-state index is -0.952. The molecule has 7 heteroatoms. The Morgan fingerprint density at radius 3 is 2.10 bits per heavy atom. The molecule has 1 heterocycles. The molecule has 4 N–H and O–H groups in total. The van der Waals surface area contributed by atoms with Crippen LogP contribution in [0.2, 0.25) is 0 Å². The second-order valence-corrected chi connectivity index (χ2v) is 6.69. The number of amides is 2. The zero-order valence-corrected chi connectivity index (χ0v) is 13.4. The van der Waals surface area contributed by atoms with E-state index in [2.05, 4.69) is 0 Å². The van der Waals surface area contributed by atoms with Gasteiger partial charge in [0.2, 0.25) is 11.8 Å². The number of hydrogen-bond acceptors (Lipinski definition) is 4. The van der Waals surface area contributed by atoms with Gasteiger partial charge in [-0.1, -0.05) is 0 Å². The van der Waals surface area contributed by atoms with Crippen LogP contribution < -0.4 is 20.5 Å². The van der Waals surface area contributed by atoms with Crippen LogP contribution in [-0.4, -0.2) is 11.8 Å². The zero-order chi connectivity index (χ0) is 16.0. The van der Waals surface area contributed by atoms with E-state index in [0.29, 0.717) is 22.6 Å². The van der Waals surface area contributed by atoms with E-state index >= 15 is 0 Å². The molecule has 0 aromatic heterocycles. The molecule has 1 atom stereocenters. The highest BCUT2D eigenvalue weighted by Crippen LogP contribution is 2.49. The van der Waals surface area contributed by atoms with Gasteiger partial charge >= 0.3 is 0 Å². The van der Waals surface area contributed by atoms with Gasteiger partial charge in [-0.3, -0.25) is 9.59 Å². The van der Waals surface area contributed by atoms with Crippen LogP contribution in [0.15, 0.2) is 12.1 Å². The summed E-state index contributed by atoms with van der Waals surface area (Å²) in [6, 6.07) is 3.47. The van der Waals surface area contributed by atoms with Crippen molar-refractivity contribution in [2.75, 3.05) is 0 Å². The smallest absolute Gasteiger partial charge is 0.275 e. The normalized spacial score (nSPS) is 15.2. The van der Waals surface area contributed by atoms with Crippen LogP contribution >= 0.6 is 9.03 Å². The van der Waals surface area contributed by atoms with Gasteiger partial charge in [0.25, 0.3) is 9.03 Å². The van der Waals surface area contributed by atoms with Crippen molar-refractivity contribution in [1.29, 1.82) is 0 Å². The van der Waals surface area contributed by atoms with Crippen LogP contribution in [0.4, 0.5) is 0 Å². The third-order valence-corrected chi connectivity index (χ3v) is 4.57. The molecule has 21 heavy (non-hydrogen) atoms. The van der Waals surface area contributed by atoms with E-state index < -0.39 is 22.6 Å². The maximum Gasteiger partial charge on any atom is 0.275 e. The second kappa shape index (κ2) is 4.88. The highest BCUT2D eigenvalue weighted by atomic mass is 31.1. The number of hydrogen-bond donors (Lipinski definition) is 2. The first-order chi connectivity index (χ1) is 9.58. The molecule has 0 spiro atoms. The summed E-state index contributed by atoms with van der Waals surface area (Å²) in [5.74, 6) is 0.0508. The predicted octanol–water partition coefficient (Wildman–Crippen LogP) is 1.49. The van der Waals surface area contributed by atoms with E-state index in [0.717, 1.165) is 0 Å². The molecule has 2 amide bonds. The number of primary amides is 2. The van der Waals surface area contributed by atoms with Crippen molar-refractivity contribution in [3.63, 3.8) is 0 Å². The molecule has 1 aliphatic heterocycles. The first kappa shape index (κ1) is 15.6. The first-order valence-electron chi connectivity index (χ1n) is 6.46. The van der Waals surface area contributed by atoms with Gasteiger partial charge in [-0.15, -0.1) is 0 Å². The molecule has 0 saturated carbocycles. The van der Waals surface area contributed by atoms with Crippen LogP contribution in [0.3, 0.4) is 0 Å². The fourth-order valence-electron chi connectivity index (χ4n) is 1.99. The van der Waals surface area contributed by atoms with E-state index in [1.165, 1.54) is 0 Å². The molecular weight excluding hydrogens is 291 g/mol. The number of benzene rings is 1. The van der Waals surface area contributed by atoms with Crippen molar-refractivity contribution in [3.05, 3.63) is 23.3 Å². The quantitative estimate of drug-likeness (QED) is 0.822. The number of carbonyl (C=O) groups is 2. The molecule has 1 aliphatic rings. The molecule has 0 fully saturated rings. The average molecular weight is 310 g/mol. The molecule has 0 aliphatic carbocycles. The van der Waals surface area contributed by atoms with Gasteiger partial charge in [0.15, 0.2) is 11.5 Å². The third kappa shape index (κ3) is 2.44. The minimum absolute atomic E-state index is 0.179. The van der Waals surface area contributed by atoms with Crippen LogP contribution in [0.5, 0.6) is 11.5 Å². The molecule has 6 nitrogen and oxygen atoms in total. The fraction of sp³-hybridized carbons (Fsp3) is 0.429. The van der Waals surface area contributed by atoms with Crippen LogP contribution in [-0.2, 0) is 20.4 Å². The molecule has 0 saturated heterocycles. The SMILES string of the molecule is CC(C)(C(N)=O)c1cc2c(c(C(C)(C)C(N)=O)c1)OPO2. The van der Waals surface area contributed by atoms with Gasteiger partial charge in [-0.2, -0.15) is 0 Å². The lowest BCUT2D eigenvalue weighted by Crippen LogP contribution is -2.38. The lowest BCUT2D eigenvalue weighted by molar-refractivity contribution is -0.123. The standard InChI is InChI=1S/C14H19N2O4P/c1-13(2,11(15)17)7-5-8(14(3,4)12(16)18)10-9(6-7)19-21-20-10/h5-6,21H,1-4H3,(H2,15,17)(H2,16,18). The molecule has 114 valence electrons. The summed E-state index contributed by atoms with van der Waals surface area (Å²) in [5.41, 5.74) is 10.4. The number of nitrogens with two attached hydrogens (primary N) is 2. The number of carbonyl (C=O) groups excluding carboxylic acids is 2. The Bertz CT molecular complexity index is 626. The summed E-state index contributed by atoms with van der Waals surface area (Å²) in [6.45, 7) is 6.85. The van der Waals surface area contributed by atoms with Crippen molar-refractivity contribution >= 4 is 20.8 Å². The Kier molecular flexibility index (Phi) is 3.62. The van der Waals surface area contributed by atoms with E-state index in [-0.39, 0.29) is 9.03 Å². The van der Waals surface area contributed by atoms with Crippen molar-refractivity contribution < 1.29 is 18.6 Å². The van der Waals surface area contributed by atoms with Crippen molar-refractivity contribution in [3.8, 4) is 11.5 Å². The largest absolute Gasteiger partial charge is 0.437 e. The third-order valence-electron chi connectivity index (χ3n) is 3.98. The molecule has 0 bridgehead atoms. The maximum atomic E-state index is 11.8. The van der Waals surface area contributed by atoms with E-state index in [4.69, 9.17) is 20.5 Å². The molecule has 1 aromatic carbocycles. The summed E-state index contributed by atoms with van der Waals surface area (Å²) in [4.78, 5) is 23.4. The van der Waals surface area contributed by atoms with E-state index in [1.807, 2.05) is 0 Å². The first-order valence-corrected chi connectivity index (χ1v) is 7.27. The van der Waals surface area contributed by atoms with Crippen molar-refractivity contribution in [1.82, 2.24) is 0 Å². The van der Waals surface area contributed by atoms with Crippen molar-refractivity contribution in [2.45, 2.75) is 38.5 Å². The lowest BCUT2D eigenvalue weighted by Gasteiger charge is -2.27. The Balaban J connectivity index is 2.69. The summed E-state index contributed by atoms with van der Waals surface area (Å²) >= 11 is 0. The summed E-state index contributed by atoms with van der Waals surface area (Å²) in [5, 5.41) is 0. The second-order valence-electron chi connectivity index (χ2n) is 6.12. The summed E-state index contributed by atoms with van der Waals surface area (Å²) < 4.78 is 10.9. The van der Waals surface area contributed by atoms with Crippen LogP contribution in [0.25, 0.3) is 0 Å². The number of rotatable bonds is 4. The fourth-order valence-corrected chi connectivity index (χ4v) is 2.57. The summed E-state index contributed by atoms with van der Waals surface area (Å²) in [6.07, 6.45) is 0. The Morgan fingerprint density at radius 2 is 1.57 bits per heavy atom. The lowest BCUT2D eigenvalue weighted by atomic mass is 9.77. The van der Waals surface area contributed by atoms with Crippen molar-refractivity contribution in [2.24, 2.45) is 11.5 Å². The monoisotopic (exact) mass is 310 g/mol. The number of fused-ring (bicyclic) bond motifs is 1. The molecule has 1 unspecified atom stereocenters. The highest BCUT2D eigenvalue weighted by Gasteiger charge is 2.37. The minimum Gasteiger partial charge on any atom is -0.437 e. The predicted molar refractivity (Wildman–Crippen MR) is 80.5 cm³/mol. The van der Waals surface area contributed by atoms with Gasteiger partial charge in [0.05, 0.1) is 10.8 Å². The topological polar surface area (TPSA) is 105 Å². The van der Waals surface area contributed by atoms with Gasteiger partial charge in [-0.05, 0) is 45.4 Å². The maximum absolute atomic E-state index is 11.8. The molecular formula is C14H19N2O4P. The Morgan fingerprint density at radius 1 is 1.00 bits per heavy atom. The molecule has 2 rings (SSSR count). The van der Waals surface area contributed by atoms with Gasteiger partial charge in [0.1, 0.15) is 0 Å². The van der Waals surface area contributed by atoms with Crippen LogP contribution in [0.1, 0.15) is 38.8 Å². The van der Waals surface area contributed by atoms with Gasteiger partial charge in [-0.25, -0.2) is 0 Å². The highest BCUT2D eigenvalue weighted by molar-refractivity contribution is 7.27. The zero-order valence-electron chi connectivity index (χ0n) is 12.4. The summed E-state index contributed by atoms with van der Waals surface area (Å²) in [7, 11) is -0.179. The van der Waals surface area contributed by atoms with Gasteiger partial charge in [0, 0.05) is 5.56 Å². The van der Waals surface area contributed by atoms with Crippen LogP contribution in [0, 0.1) is 0 Å². The van der Waals surface area contributed by atoms with Gasteiger partial charge < -0.3 is 20.5 Å². The molecule has 1 aromatic rings. The van der Waals surface area contributed by atoms with E-state index in [1.54, 1.807) is 39.8 Å².